The van der Waals surface area contributed by atoms with Crippen LogP contribution in [0.5, 0.6) is 0 Å². The first-order valence-electron chi connectivity index (χ1n) is 6.63. The van der Waals surface area contributed by atoms with Crippen LogP contribution in [-0.2, 0) is 0 Å². The van der Waals surface area contributed by atoms with Gasteiger partial charge in [-0.2, -0.15) is 9.78 Å². The Morgan fingerprint density at radius 1 is 1.25 bits per heavy atom. The Morgan fingerprint density at radius 2 is 2.00 bits per heavy atom. The van der Waals surface area contributed by atoms with Crippen molar-refractivity contribution < 1.29 is 0 Å². The monoisotopic (exact) mass is 308 g/mol. The minimum absolute atomic E-state index is 0.706. The van der Waals surface area contributed by atoms with Gasteiger partial charge in [0.15, 0.2) is 5.82 Å². The molecule has 0 aliphatic heterocycles. The molecule has 0 bridgehead atoms. The molecule has 2 aromatic rings. The minimum Gasteiger partial charge on any atom is -0.187 e. The highest BCUT2D eigenvalue weighted by Gasteiger charge is 2.13. The molecule has 2 rings (SSSR count). The van der Waals surface area contributed by atoms with Crippen molar-refractivity contribution in [3.05, 3.63) is 29.3 Å². The first-order chi connectivity index (χ1) is 9.76. The predicted octanol–water partition coefficient (Wildman–Crippen LogP) is 4.34. The summed E-state index contributed by atoms with van der Waals surface area (Å²) in [6, 6.07) is 7.55. The Morgan fingerprint density at radius 3 is 2.65 bits per heavy atom. The number of thioether (sulfide) groups is 1. The molecule has 0 atom stereocenters. The van der Waals surface area contributed by atoms with Crippen molar-refractivity contribution in [3.63, 3.8) is 0 Å². The summed E-state index contributed by atoms with van der Waals surface area (Å²) in [7, 11) is 0. The van der Waals surface area contributed by atoms with E-state index in [1.165, 1.54) is 0 Å². The Bertz CT molecular complexity index is 577. The number of benzene rings is 1. The highest BCUT2D eigenvalue weighted by atomic mass is 35.5. The smallest absolute Gasteiger partial charge is 0.187 e. The molecule has 1 aromatic heterocycles. The van der Waals surface area contributed by atoms with E-state index in [0.29, 0.717) is 5.02 Å². The fourth-order valence-electron chi connectivity index (χ4n) is 1.64. The molecular formula is C14H17ClN4S. The second-order valence-corrected chi connectivity index (χ2v) is 5.81. The third-order valence-corrected chi connectivity index (χ3v) is 3.66. The van der Waals surface area contributed by atoms with E-state index in [4.69, 9.17) is 11.6 Å². The van der Waals surface area contributed by atoms with Gasteiger partial charge in [0, 0.05) is 16.8 Å². The molecule has 0 unspecified atom stereocenters. The molecule has 0 N–H and O–H groups in total. The second-order valence-electron chi connectivity index (χ2n) is 4.14. The Hall–Kier alpha value is -1.33. The maximum Gasteiger partial charge on any atom is 0.212 e. The molecule has 0 aliphatic rings. The molecule has 20 heavy (non-hydrogen) atoms. The lowest BCUT2D eigenvalue weighted by atomic mass is 10.2. The van der Waals surface area contributed by atoms with Crippen molar-refractivity contribution in [2.24, 2.45) is 5.10 Å². The van der Waals surface area contributed by atoms with Gasteiger partial charge in [0.2, 0.25) is 5.16 Å². The van der Waals surface area contributed by atoms with E-state index < -0.39 is 0 Å². The molecule has 0 amide bonds. The summed E-state index contributed by atoms with van der Waals surface area (Å²) in [5, 5.41) is 14.5. The lowest BCUT2D eigenvalue weighted by molar-refractivity contribution is 0.767. The summed E-state index contributed by atoms with van der Waals surface area (Å²) in [6.07, 6.45) is 3.91. The maximum absolute atomic E-state index is 5.92. The van der Waals surface area contributed by atoms with Crippen molar-refractivity contribution >= 4 is 29.6 Å². The van der Waals surface area contributed by atoms with E-state index in [1.54, 1.807) is 16.4 Å². The van der Waals surface area contributed by atoms with Gasteiger partial charge in [-0.25, -0.2) is 0 Å². The van der Waals surface area contributed by atoms with Crippen LogP contribution in [-0.4, -0.2) is 26.8 Å². The fourth-order valence-corrected chi connectivity index (χ4v) is 2.37. The zero-order valence-electron chi connectivity index (χ0n) is 11.6. The average Bonchev–Trinajstić information content (AvgIpc) is 2.84. The standard InChI is InChI=1S/C14H17ClN4S/c1-3-5-10-16-19-13(17-18-14(19)20-4-2)11-6-8-12(15)9-7-11/h6-10H,3-5H2,1-2H3. The average molecular weight is 309 g/mol. The molecule has 4 nitrogen and oxygen atoms in total. The van der Waals surface area contributed by atoms with Crippen molar-refractivity contribution in [1.82, 2.24) is 14.9 Å². The van der Waals surface area contributed by atoms with E-state index >= 15 is 0 Å². The van der Waals surface area contributed by atoms with Crippen LogP contribution in [0.2, 0.25) is 5.02 Å². The van der Waals surface area contributed by atoms with Gasteiger partial charge in [0.1, 0.15) is 0 Å². The second kappa shape index (κ2) is 7.45. The number of halogens is 1. The summed E-state index contributed by atoms with van der Waals surface area (Å²) >= 11 is 7.55. The number of hydrogen-bond donors (Lipinski definition) is 0. The first-order valence-corrected chi connectivity index (χ1v) is 7.99. The molecule has 0 fully saturated rings. The van der Waals surface area contributed by atoms with Gasteiger partial charge < -0.3 is 0 Å². The van der Waals surface area contributed by atoms with Crippen LogP contribution < -0.4 is 0 Å². The summed E-state index contributed by atoms with van der Waals surface area (Å²) in [5.41, 5.74) is 0.957. The van der Waals surface area contributed by atoms with Gasteiger partial charge in [0.05, 0.1) is 0 Å². The zero-order valence-corrected chi connectivity index (χ0v) is 13.2. The van der Waals surface area contributed by atoms with Gasteiger partial charge in [-0.3, -0.25) is 0 Å². The molecule has 1 heterocycles. The van der Waals surface area contributed by atoms with E-state index in [1.807, 2.05) is 30.5 Å². The van der Waals surface area contributed by atoms with Gasteiger partial charge in [-0.15, -0.1) is 10.2 Å². The summed E-state index contributed by atoms with van der Waals surface area (Å²) < 4.78 is 1.80. The van der Waals surface area contributed by atoms with Gasteiger partial charge in [-0.1, -0.05) is 43.6 Å². The van der Waals surface area contributed by atoms with Crippen LogP contribution in [0.4, 0.5) is 0 Å². The van der Waals surface area contributed by atoms with Gasteiger partial charge >= 0.3 is 0 Å². The lowest BCUT2D eigenvalue weighted by Gasteiger charge is -2.03. The van der Waals surface area contributed by atoms with Crippen molar-refractivity contribution in [3.8, 4) is 11.4 Å². The largest absolute Gasteiger partial charge is 0.212 e. The third kappa shape index (κ3) is 3.61. The van der Waals surface area contributed by atoms with Crippen LogP contribution in [0, 0.1) is 0 Å². The van der Waals surface area contributed by atoms with E-state index in [-0.39, 0.29) is 0 Å². The molecular weight excluding hydrogens is 292 g/mol. The molecule has 6 heteroatoms. The molecule has 0 aliphatic carbocycles. The first kappa shape index (κ1) is 15.1. The number of hydrogen-bond acceptors (Lipinski definition) is 4. The molecule has 0 radical (unpaired) electrons. The van der Waals surface area contributed by atoms with Crippen LogP contribution in [0.1, 0.15) is 26.7 Å². The Balaban J connectivity index is 2.38. The zero-order chi connectivity index (χ0) is 14.4. The fraction of sp³-hybridized carbons (Fsp3) is 0.357. The molecule has 0 saturated heterocycles. The highest BCUT2D eigenvalue weighted by molar-refractivity contribution is 7.99. The Kier molecular flexibility index (Phi) is 5.61. The SMILES string of the molecule is CCCC=Nn1c(SCC)nnc1-c1ccc(Cl)cc1. The molecule has 0 spiro atoms. The molecule has 0 saturated carbocycles. The Labute approximate surface area is 128 Å². The number of rotatable bonds is 6. The molecule has 106 valence electrons. The third-order valence-electron chi connectivity index (χ3n) is 2.60. The van der Waals surface area contributed by atoms with Crippen LogP contribution >= 0.6 is 23.4 Å². The quantitative estimate of drug-likeness (QED) is 0.589. The van der Waals surface area contributed by atoms with Crippen molar-refractivity contribution in [1.29, 1.82) is 0 Å². The van der Waals surface area contributed by atoms with E-state index in [9.17, 15) is 0 Å². The van der Waals surface area contributed by atoms with E-state index in [0.717, 1.165) is 35.1 Å². The highest BCUT2D eigenvalue weighted by Crippen LogP contribution is 2.24. The van der Waals surface area contributed by atoms with Crippen LogP contribution in [0.25, 0.3) is 11.4 Å². The summed E-state index contributed by atoms with van der Waals surface area (Å²) in [5.74, 6) is 1.67. The van der Waals surface area contributed by atoms with Crippen LogP contribution in [0.3, 0.4) is 0 Å². The van der Waals surface area contributed by atoms with Gasteiger partial charge in [0.25, 0.3) is 0 Å². The molecule has 1 aromatic carbocycles. The predicted molar refractivity (Wildman–Crippen MR) is 85.7 cm³/mol. The number of unbranched alkanes of at least 4 members (excludes halogenated alkanes) is 1. The number of aromatic nitrogens is 3. The minimum atomic E-state index is 0.706. The van der Waals surface area contributed by atoms with Crippen molar-refractivity contribution in [2.45, 2.75) is 31.8 Å². The van der Waals surface area contributed by atoms with E-state index in [2.05, 4.69) is 29.1 Å². The van der Waals surface area contributed by atoms with Crippen LogP contribution in [0.15, 0.2) is 34.5 Å². The normalized spacial score (nSPS) is 11.3. The number of nitrogens with zero attached hydrogens (tertiary/aromatic N) is 4. The van der Waals surface area contributed by atoms with Gasteiger partial charge in [-0.05, 0) is 36.4 Å². The summed E-state index contributed by atoms with van der Waals surface area (Å²) in [6.45, 7) is 4.21. The maximum atomic E-state index is 5.92. The van der Waals surface area contributed by atoms with Crippen molar-refractivity contribution in [2.75, 3.05) is 5.75 Å². The topological polar surface area (TPSA) is 43.1 Å². The summed E-state index contributed by atoms with van der Waals surface area (Å²) in [4.78, 5) is 0. The lowest BCUT2D eigenvalue weighted by Crippen LogP contribution is -1.96.